The lowest BCUT2D eigenvalue weighted by atomic mass is 10.0. The van der Waals surface area contributed by atoms with E-state index in [2.05, 4.69) is 10.5 Å². The molecule has 0 aliphatic heterocycles. The van der Waals surface area contributed by atoms with E-state index in [0.29, 0.717) is 11.7 Å². The van der Waals surface area contributed by atoms with Crippen LogP contribution in [0.15, 0.2) is 22.7 Å². The molecule has 1 aliphatic rings. The molecule has 1 heterocycles. The molecule has 1 unspecified atom stereocenters. The third-order valence-corrected chi connectivity index (χ3v) is 4.29. The Kier molecular flexibility index (Phi) is 3.91. The van der Waals surface area contributed by atoms with Crippen molar-refractivity contribution in [3.63, 3.8) is 0 Å². The third-order valence-electron chi connectivity index (χ3n) is 3.98. The SMILES string of the molecule is Cc1onc(-c2c(F)cccc2Cl)c1C(=O)NC(C)C1CC1. The van der Waals surface area contributed by atoms with Gasteiger partial charge in [-0.2, -0.15) is 0 Å². The molecule has 0 saturated heterocycles. The van der Waals surface area contributed by atoms with Gasteiger partial charge in [-0.05, 0) is 44.7 Å². The van der Waals surface area contributed by atoms with Crippen LogP contribution in [0, 0.1) is 18.7 Å². The molecule has 22 heavy (non-hydrogen) atoms. The molecule has 4 nitrogen and oxygen atoms in total. The number of halogens is 2. The van der Waals surface area contributed by atoms with Crippen LogP contribution in [0.5, 0.6) is 0 Å². The molecule has 1 aromatic carbocycles. The molecule has 0 bridgehead atoms. The van der Waals surface area contributed by atoms with Crippen molar-refractivity contribution in [2.45, 2.75) is 32.7 Å². The van der Waals surface area contributed by atoms with Gasteiger partial charge in [-0.15, -0.1) is 0 Å². The lowest BCUT2D eigenvalue weighted by molar-refractivity contribution is 0.0935. The number of amides is 1. The number of carbonyl (C=O) groups is 1. The number of aryl methyl sites for hydroxylation is 1. The van der Waals surface area contributed by atoms with Gasteiger partial charge < -0.3 is 9.84 Å². The molecule has 3 rings (SSSR count). The average molecular weight is 323 g/mol. The summed E-state index contributed by atoms with van der Waals surface area (Å²) in [5.74, 6) is 0.0111. The summed E-state index contributed by atoms with van der Waals surface area (Å²) >= 11 is 6.06. The Bertz CT molecular complexity index is 705. The molecular weight excluding hydrogens is 307 g/mol. The van der Waals surface area contributed by atoms with Crippen LogP contribution in [0.4, 0.5) is 4.39 Å². The van der Waals surface area contributed by atoms with E-state index in [1.807, 2.05) is 6.92 Å². The highest BCUT2D eigenvalue weighted by Crippen LogP contribution is 2.35. The van der Waals surface area contributed by atoms with E-state index in [-0.39, 0.29) is 33.8 Å². The van der Waals surface area contributed by atoms with E-state index >= 15 is 0 Å². The largest absolute Gasteiger partial charge is 0.360 e. The maximum atomic E-state index is 14.1. The molecule has 1 fully saturated rings. The fourth-order valence-electron chi connectivity index (χ4n) is 2.53. The van der Waals surface area contributed by atoms with Crippen LogP contribution >= 0.6 is 11.6 Å². The lowest BCUT2D eigenvalue weighted by Gasteiger charge is -2.13. The van der Waals surface area contributed by atoms with E-state index in [0.717, 1.165) is 12.8 Å². The second kappa shape index (κ2) is 5.72. The zero-order valence-corrected chi connectivity index (χ0v) is 13.1. The minimum Gasteiger partial charge on any atom is -0.360 e. The molecule has 0 spiro atoms. The van der Waals surface area contributed by atoms with Crippen LogP contribution in [0.2, 0.25) is 5.02 Å². The maximum absolute atomic E-state index is 14.1. The Balaban J connectivity index is 1.98. The van der Waals surface area contributed by atoms with Gasteiger partial charge in [0.1, 0.15) is 22.8 Å². The molecule has 1 aliphatic carbocycles. The van der Waals surface area contributed by atoms with Gasteiger partial charge in [-0.3, -0.25) is 4.79 Å². The van der Waals surface area contributed by atoms with E-state index in [4.69, 9.17) is 16.1 Å². The number of carbonyl (C=O) groups excluding carboxylic acids is 1. The topological polar surface area (TPSA) is 55.1 Å². The Labute approximate surface area is 132 Å². The van der Waals surface area contributed by atoms with Crippen molar-refractivity contribution < 1.29 is 13.7 Å². The smallest absolute Gasteiger partial charge is 0.257 e. The Morgan fingerprint density at radius 1 is 1.50 bits per heavy atom. The van der Waals surface area contributed by atoms with Crippen molar-refractivity contribution in [2.24, 2.45) is 5.92 Å². The summed E-state index contributed by atoms with van der Waals surface area (Å²) in [7, 11) is 0. The van der Waals surface area contributed by atoms with Crippen LogP contribution in [0.25, 0.3) is 11.3 Å². The summed E-state index contributed by atoms with van der Waals surface area (Å²) in [4.78, 5) is 12.5. The van der Waals surface area contributed by atoms with Gasteiger partial charge in [0.15, 0.2) is 0 Å². The van der Waals surface area contributed by atoms with Crippen LogP contribution in [-0.2, 0) is 0 Å². The summed E-state index contributed by atoms with van der Waals surface area (Å²) in [5, 5.41) is 6.96. The van der Waals surface area contributed by atoms with Crippen molar-refractivity contribution >= 4 is 17.5 Å². The van der Waals surface area contributed by atoms with Crippen LogP contribution in [-0.4, -0.2) is 17.1 Å². The summed E-state index contributed by atoms with van der Waals surface area (Å²) in [6.07, 6.45) is 2.24. The summed E-state index contributed by atoms with van der Waals surface area (Å²) in [6.45, 7) is 3.59. The molecule has 1 saturated carbocycles. The second-order valence-electron chi connectivity index (χ2n) is 5.66. The standard InChI is InChI=1S/C16H16ClFN2O2/c1-8(10-6-7-10)19-16(21)13-9(2)22-20-15(13)14-11(17)4-3-5-12(14)18/h3-5,8,10H,6-7H2,1-2H3,(H,19,21). The Morgan fingerprint density at radius 3 is 2.86 bits per heavy atom. The first-order valence-corrected chi connectivity index (χ1v) is 7.58. The van der Waals surface area contributed by atoms with Crippen LogP contribution in [0.1, 0.15) is 35.9 Å². The van der Waals surface area contributed by atoms with Gasteiger partial charge in [0.05, 0.1) is 10.6 Å². The first kappa shape index (κ1) is 15.0. The van der Waals surface area contributed by atoms with Crippen molar-refractivity contribution in [3.05, 3.63) is 40.4 Å². The highest BCUT2D eigenvalue weighted by Gasteiger charge is 2.31. The molecule has 0 radical (unpaired) electrons. The third kappa shape index (κ3) is 2.73. The number of nitrogens with zero attached hydrogens (tertiary/aromatic N) is 1. The molecule has 1 N–H and O–H groups in total. The quantitative estimate of drug-likeness (QED) is 0.926. The number of rotatable bonds is 4. The number of aromatic nitrogens is 1. The summed E-state index contributed by atoms with van der Waals surface area (Å²) in [6, 6.07) is 4.41. The number of nitrogens with one attached hydrogen (secondary N) is 1. The predicted octanol–water partition coefficient (Wildman–Crippen LogP) is 3.97. The normalized spacial score (nSPS) is 15.6. The fraction of sp³-hybridized carbons (Fsp3) is 0.375. The molecule has 116 valence electrons. The molecule has 1 aromatic heterocycles. The first-order valence-electron chi connectivity index (χ1n) is 7.20. The molecule has 2 aromatic rings. The van der Waals surface area contributed by atoms with Gasteiger partial charge in [0.2, 0.25) is 0 Å². The van der Waals surface area contributed by atoms with Gasteiger partial charge in [0.25, 0.3) is 5.91 Å². The molecule has 1 atom stereocenters. The van der Waals surface area contributed by atoms with Crippen molar-refractivity contribution in [1.82, 2.24) is 10.5 Å². The summed E-state index contributed by atoms with van der Waals surface area (Å²) in [5.41, 5.74) is 0.464. The molecular formula is C16H16ClFN2O2. The Morgan fingerprint density at radius 2 is 2.23 bits per heavy atom. The van der Waals surface area contributed by atoms with Gasteiger partial charge in [-0.25, -0.2) is 4.39 Å². The fourth-order valence-corrected chi connectivity index (χ4v) is 2.78. The minimum atomic E-state index is -0.537. The van der Waals surface area contributed by atoms with E-state index < -0.39 is 5.82 Å². The lowest BCUT2D eigenvalue weighted by Crippen LogP contribution is -2.34. The number of benzene rings is 1. The van der Waals surface area contributed by atoms with E-state index in [1.165, 1.54) is 12.1 Å². The van der Waals surface area contributed by atoms with Crippen LogP contribution in [0.3, 0.4) is 0 Å². The number of hydrogen-bond acceptors (Lipinski definition) is 3. The number of hydrogen-bond donors (Lipinski definition) is 1. The maximum Gasteiger partial charge on any atom is 0.257 e. The monoisotopic (exact) mass is 322 g/mol. The Hall–Kier alpha value is -1.88. The zero-order valence-electron chi connectivity index (χ0n) is 12.3. The molecule has 1 amide bonds. The van der Waals surface area contributed by atoms with Crippen molar-refractivity contribution in [3.8, 4) is 11.3 Å². The molecule has 6 heteroatoms. The second-order valence-corrected chi connectivity index (χ2v) is 6.07. The average Bonchev–Trinajstić information content (AvgIpc) is 3.23. The zero-order chi connectivity index (χ0) is 15.9. The highest BCUT2D eigenvalue weighted by molar-refractivity contribution is 6.33. The predicted molar refractivity (Wildman–Crippen MR) is 81.3 cm³/mol. The van der Waals surface area contributed by atoms with Gasteiger partial charge in [-0.1, -0.05) is 22.8 Å². The van der Waals surface area contributed by atoms with Crippen molar-refractivity contribution in [2.75, 3.05) is 0 Å². The minimum absolute atomic E-state index is 0.0748. The van der Waals surface area contributed by atoms with Crippen LogP contribution < -0.4 is 5.32 Å². The van der Waals surface area contributed by atoms with Crippen molar-refractivity contribution in [1.29, 1.82) is 0 Å². The van der Waals surface area contributed by atoms with E-state index in [9.17, 15) is 9.18 Å². The van der Waals surface area contributed by atoms with Gasteiger partial charge in [0, 0.05) is 6.04 Å². The highest BCUT2D eigenvalue weighted by atomic mass is 35.5. The van der Waals surface area contributed by atoms with Gasteiger partial charge >= 0.3 is 0 Å². The first-order chi connectivity index (χ1) is 10.5. The van der Waals surface area contributed by atoms with E-state index in [1.54, 1.807) is 13.0 Å². The summed E-state index contributed by atoms with van der Waals surface area (Å²) < 4.78 is 19.2.